The topological polar surface area (TPSA) is 12.9 Å². The van der Waals surface area contributed by atoms with Crippen LogP contribution < -0.4 is 0 Å². The van der Waals surface area contributed by atoms with Crippen LogP contribution in [-0.2, 0) is 0 Å². The third kappa shape index (κ3) is 4.84. The first-order valence-corrected chi connectivity index (χ1v) is 8.38. The van der Waals surface area contributed by atoms with Crippen molar-refractivity contribution in [3.8, 4) is 0 Å². The van der Waals surface area contributed by atoms with Gasteiger partial charge in [0.1, 0.15) is 5.82 Å². The van der Waals surface area contributed by atoms with Crippen LogP contribution in [0.25, 0.3) is 0 Å². The van der Waals surface area contributed by atoms with Crippen molar-refractivity contribution in [3.05, 3.63) is 53.6 Å². The zero-order valence-corrected chi connectivity index (χ0v) is 13.5. The number of nitrogens with zero attached hydrogens (tertiary/aromatic N) is 1. The molecule has 0 bridgehead atoms. The monoisotopic (exact) mass is 365 g/mol. The number of alkyl halides is 4. The van der Waals surface area contributed by atoms with Crippen molar-refractivity contribution >= 4 is 23.5 Å². The van der Waals surface area contributed by atoms with Gasteiger partial charge in [0.25, 0.3) is 0 Å². The standard InChI is InChI=1S/C15H12F5NS2/c1-2-22-12-8-21-7-11(16)13(12)14(17)9-3-5-10(6-4-9)23-15(18,19)20/h3-8,14H,2H2,1H3. The minimum absolute atomic E-state index is 0.0493. The van der Waals surface area contributed by atoms with E-state index in [1.165, 1.54) is 42.2 Å². The molecule has 0 aliphatic heterocycles. The lowest BCUT2D eigenvalue weighted by molar-refractivity contribution is -0.0328. The number of rotatable bonds is 5. The van der Waals surface area contributed by atoms with Gasteiger partial charge < -0.3 is 0 Å². The number of hydrogen-bond acceptors (Lipinski definition) is 3. The second-order valence-electron chi connectivity index (χ2n) is 4.45. The lowest BCUT2D eigenvalue weighted by Gasteiger charge is -2.14. The van der Waals surface area contributed by atoms with E-state index in [1.54, 1.807) is 0 Å². The summed E-state index contributed by atoms with van der Waals surface area (Å²) in [5, 5.41) is 0. The van der Waals surface area contributed by atoms with Crippen molar-refractivity contribution < 1.29 is 22.0 Å². The molecule has 1 heterocycles. The molecule has 0 radical (unpaired) electrons. The van der Waals surface area contributed by atoms with Crippen LogP contribution in [0.5, 0.6) is 0 Å². The predicted molar refractivity (Wildman–Crippen MR) is 81.9 cm³/mol. The summed E-state index contributed by atoms with van der Waals surface area (Å²) in [4.78, 5) is 4.04. The maximum Gasteiger partial charge on any atom is 0.446 e. The van der Waals surface area contributed by atoms with Crippen LogP contribution >= 0.6 is 23.5 Å². The van der Waals surface area contributed by atoms with Crippen LogP contribution in [0.4, 0.5) is 22.0 Å². The zero-order chi connectivity index (χ0) is 17.0. The highest BCUT2D eigenvalue weighted by Crippen LogP contribution is 2.39. The Kier molecular flexibility index (Phi) is 5.91. The van der Waals surface area contributed by atoms with Crippen LogP contribution in [0.3, 0.4) is 0 Å². The number of pyridine rings is 1. The number of benzene rings is 1. The van der Waals surface area contributed by atoms with Crippen LogP contribution in [0, 0.1) is 5.82 Å². The van der Waals surface area contributed by atoms with Gasteiger partial charge in [-0.3, -0.25) is 4.98 Å². The second-order valence-corrected chi connectivity index (χ2v) is 6.89. The highest BCUT2D eigenvalue weighted by atomic mass is 32.2. The molecule has 8 heteroatoms. The van der Waals surface area contributed by atoms with Crippen molar-refractivity contribution in [2.24, 2.45) is 0 Å². The molecule has 0 fully saturated rings. The number of thioether (sulfide) groups is 2. The van der Waals surface area contributed by atoms with E-state index >= 15 is 0 Å². The first-order chi connectivity index (χ1) is 10.8. The molecule has 0 spiro atoms. The Labute approximate surface area is 138 Å². The summed E-state index contributed by atoms with van der Waals surface area (Å²) in [7, 11) is 0. The first-order valence-electron chi connectivity index (χ1n) is 6.57. The Morgan fingerprint density at radius 2 is 1.78 bits per heavy atom. The lowest BCUT2D eigenvalue weighted by Crippen LogP contribution is -2.02. The zero-order valence-electron chi connectivity index (χ0n) is 11.9. The number of halogens is 5. The Bertz CT molecular complexity index is 658. The largest absolute Gasteiger partial charge is 0.446 e. The van der Waals surface area contributed by atoms with Gasteiger partial charge in [0.2, 0.25) is 0 Å². The fraction of sp³-hybridized carbons (Fsp3) is 0.267. The molecular weight excluding hydrogens is 353 g/mol. The van der Waals surface area contributed by atoms with Gasteiger partial charge in [-0.25, -0.2) is 8.78 Å². The minimum Gasteiger partial charge on any atom is -0.260 e. The van der Waals surface area contributed by atoms with E-state index in [9.17, 15) is 22.0 Å². The van der Waals surface area contributed by atoms with Crippen LogP contribution in [-0.4, -0.2) is 16.2 Å². The molecule has 1 aromatic heterocycles. The minimum atomic E-state index is -4.40. The molecule has 1 aromatic carbocycles. The fourth-order valence-electron chi connectivity index (χ4n) is 1.95. The second kappa shape index (κ2) is 7.53. The van der Waals surface area contributed by atoms with E-state index in [4.69, 9.17) is 0 Å². The van der Waals surface area contributed by atoms with E-state index < -0.39 is 17.5 Å². The van der Waals surface area contributed by atoms with E-state index in [1.807, 2.05) is 6.92 Å². The van der Waals surface area contributed by atoms with Crippen LogP contribution in [0.1, 0.15) is 24.2 Å². The fourth-order valence-corrected chi connectivity index (χ4v) is 3.29. The molecule has 23 heavy (non-hydrogen) atoms. The Balaban J connectivity index is 2.29. The van der Waals surface area contributed by atoms with Gasteiger partial charge in [-0.2, -0.15) is 13.2 Å². The SMILES string of the molecule is CCSc1cncc(F)c1C(F)c1ccc(SC(F)(F)F)cc1. The Morgan fingerprint density at radius 1 is 1.13 bits per heavy atom. The molecule has 0 amide bonds. The number of aromatic nitrogens is 1. The van der Waals surface area contributed by atoms with Gasteiger partial charge in [0, 0.05) is 21.6 Å². The third-order valence-electron chi connectivity index (χ3n) is 2.86. The van der Waals surface area contributed by atoms with E-state index in [0.29, 0.717) is 10.6 Å². The molecule has 1 nitrogen and oxygen atoms in total. The smallest absolute Gasteiger partial charge is 0.260 e. The van der Waals surface area contributed by atoms with Crippen molar-refractivity contribution in [1.82, 2.24) is 4.98 Å². The van der Waals surface area contributed by atoms with E-state index in [0.717, 1.165) is 6.20 Å². The van der Waals surface area contributed by atoms with Gasteiger partial charge in [-0.1, -0.05) is 19.1 Å². The van der Waals surface area contributed by atoms with Gasteiger partial charge in [-0.05, 0) is 35.2 Å². The summed E-state index contributed by atoms with van der Waals surface area (Å²) < 4.78 is 65.5. The summed E-state index contributed by atoms with van der Waals surface area (Å²) in [5.74, 6) is -0.156. The molecular formula is C15H12F5NS2. The Hall–Kier alpha value is -1.28. The number of hydrogen-bond donors (Lipinski definition) is 0. The maximum atomic E-state index is 14.7. The quantitative estimate of drug-likeness (QED) is 0.476. The molecule has 0 aliphatic carbocycles. The molecule has 2 rings (SSSR count). The van der Waals surface area contributed by atoms with Crippen molar-refractivity contribution in [3.63, 3.8) is 0 Å². The highest BCUT2D eigenvalue weighted by molar-refractivity contribution is 8.00. The average Bonchev–Trinajstić information content (AvgIpc) is 2.46. The molecule has 0 saturated heterocycles. The maximum absolute atomic E-state index is 14.7. The van der Waals surface area contributed by atoms with Gasteiger partial charge in [0.15, 0.2) is 6.17 Å². The molecule has 0 saturated carbocycles. The molecule has 124 valence electrons. The molecule has 0 aliphatic rings. The summed E-state index contributed by atoms with van der Waals surface area (Å²) in [6, 6.07) is 4.82. The van der Waals surface area contributed by atoms with Crippen molar-refractivity contribution in [2.75, 3.05) is 5.75 Å². The molecule has 1 atom stereocenters. The first kappa shape index (κ1) is 18.1. The lowest BCUT2D eigenvalue weighted by atomic mass is 10.0. The summed E-state index contributed by atoms with van der Waals surface area (Å²) in [5.41, 5.74) is -4.44. The Morgan fingerprint density at radius 3 is 2.35 bits per heavy atom. The van der Waals surface area contributed by atoms with E-state index in [-0.39, 0.29) is 27.8 Å². The van der Waals surface area contributed by atoms with Crippen molar-refractivity contribution in [1.29, 1.82) is 0 Å². The average molecular weight is 365 g/mol. The van der Waals surface area contributed by atoms with Crippen molar-refractivity contribution in [2.45, 2.75) is 28.4 Å². The van der Waals surface area contributed by atoms with Gasteiger partial charge in [0.05, 0.1) is 6.20 Å². The van der Waals surface area contributed by atoms with Gasteiger partial charge >= 0.3 is 5.51 Å². The normalized spacial score (nSPS) is 13.1. The summed E-state index contributed by atoms with van der Waals surface area (Å²) in [6.07, 6.45) is 0.541. The molecule has 2 aromatic rings. The predicted octanol–water partition coefficient (Wildman–Crippen LogP) is 6.00. The van der Waals surface area contributed by atoms with E-state index in [2.05, 4.69) is 4.98 Å². The summed E-state index contributed by atoms with van der Waals surface area (Å²) >= 11 is 0.975. The molecule has 0 N–H and O–H groups in total. The van der Waals surface area contributed by atoms with Gasteiger partial charge in [-0.15, -0.1) is 11.8 Å². The highest BCUT2D eigenvalue weighted by Gasteiger charge is 2.29. The van der Waals surface area contributed by atoms with Crippen LogP contribution in [0.2, 0.25) is 0 Å². The third-order valence-corrected chi connectivity index (χ3v) is 4.53. The summed E-state index contributed by atoms with van der Waals surface area (Å²) in [6.45, 7) is 1.84. The van der Waals surface area contributed by atoms with Crippen LogP contribution in [0.15, 0.2) is 46.5 Å². The molecule has 1 unspecified atom stereocenters.